The SMILES string of the molecule is COc1cc(N)cc(Sc2nnc(C)o2)c1. The van der Waals surface area contributed by atoms with Crippen molar-refractivity contribution in [2.24, 2.45) is 0 Å². The van der Waals surface area contributed by atoms with Crippen LogP contribution in [0.3, 0.4) is 0 Å². The Hall–Kier alpha value is -1.69. The molecule has 0 aliphatic carbocycles. The standard InChI is InChI=1S/C10H11N3O2S/c1-6-12-13-10(15-6)16-9-4-7(11)3-8(5-9)14-2/h3-5H,11H2,1-2H3. The molecule has 5 nitrogen and oxygen atoms in total. The molecule has 1 aromatic heterocycles. The van der Waals surface area contributed by atoms with E-state index < -0.39 is 0 Å². The Morgan fingerprint density at radius 1 is 1.31 bits per heavy atom. The molecule has 0 bridgehead atoms. The summed E-state index contributed by atoms with van der Waals surface area (Å²) in [7, 11) is 1.60. The summed E-state index contributed by atoms with van der Waals surface area (Å²) in [5.74, 6) is 1.25. The number of methoxy groups -OCH3 is 1. The van der Waals surface area contributed by atoms with Crippen LogP contribution >= 0.6 is 11.8 Å². The molecule has 2 rings (SSSR count). The average Bonchev–Trinajstić information content (AvgIpc) is 2.63. The quantitative estimate of drug-likeness (QED) is 0.824. The minimum Gasteiger partial charge on any atom is -0.497 e. The molecule has 0 aliphatic heterocycles. The van der Waals surface area contributed by atoms with Crippen LogP contribution in [0.1, 0.15) is 5.89 Å². The fourth-order valence-corrected chi connectivity index (χ4v) is 2.01. The molecule has 16 heavy (non-hydrogen) atoms. The zero-order valence-electron chi connectivity index (χ0n) is 8.93. The lowest BCUT2D eigenvalue weighted by Crippen LogP contribution is -1.89. The largest absolute Gasteiger partial charge is 0.497 e. The molecule has 6 heteroatoms. The van der Waals surface area contributed by atoms with Crippen LogP contribution in [0.15, 0.2) is 32.7 Å². The molecule has 0 fully saturated rings. The number of nitrogen functional groups attached to an aromatic ring is 1. The highest BCUT2D eigenvalue weighted by Gasteiger charge is 2.06. The minimum atomic E-state index is 0.491. The number of benzene rings is 1. The topological polar surface area (TPSA) is 74.2 Å². The number of nitrogens with zero attached hydrogens (tertiary/aromatic N) is 2. The first-order valence-corrected chi connectivity index (χ1v) is 5.41. The predicted molar refractivity (Wildman–Crippen MR) is 60.6 cm³/mol. The summed E-state index contributed by atoms with van der Waals surface area (Å²) in [5.41, 5.74) is 6.37. The van der Waals surface area contributed by atoms with Crippen molar-refractivity contribution in [3.63, 3.8) is 0 Å². The minimum absolute atomic E-state index is 0.491. The molecule has 0 atom stereocenters. The molecule has 2 aromatic rings. The number of aromatic nitrogens is 2. The lowest BCUT2D eigenvalue weighted by molar-refractivity contribution is 0.413. The fraction of sp³-hybridized carbons (Fsp3) is 0.200. The van der Waals surface area contributed by atoms with Gasteiger partial charge in [-0.25, -0.2) is 0 Å². The van der Waals surface area contributed by atoms with Crippen LogP contribution in [0, 0.1) is 6.92 Å². The van der Waals surface area contributed by atoms with Crippen LogP contribution in [-0.2, 0) is 0 Å². The normalized spacial score (nSPS) is 10.4. The van der Waals surface area contributed by atoms with E-state index in [1.54, 1.807) is 20.1 Å². The van der Waals surface area contributed by atoms with E-state index in [0.29, 0.717) is 22.6 Å². The van der Waals surface area contributed by atoms with Gasteiger partial charge in [0.15, 0.2) is 0 Å². The number of rotatable bonds is 3. The number of anilines is 1. The summed E-state index contributed by atoms with van der Waals surface area (Å²) in [6.07, 6.45) is 0. The zero-order chi connectivity index (χ0) is 11.5. The number of nitrogens with two attached hydrogens (primary N) is 1. The van der Waals surface area contributed by atoms with Gasteiger partial charge in [-0.3, -0.25) is 0 Å². The first-order valence-electron chi connectivity index (χ1n) is 4.60. The van der Waals surface area contributed by atoms with E-state index in [1.807, 2.05) is 12.1 Å². The number of ether oxygens (including phenoxy) is 1. The Balaban J connectivity index is 2.24. The van der Waals surface area contributed by atoms with E-state index in [4.69, 9.17) is 14.9 Å². The van der Waals surface area contributed by atoms with Crippen LogP contribution in [-0.4, -0.2) is 17.3 Å². The Morgan fingerprint density at radius 2 is 2.12 bits per heavy atom. The summed E-state index contributed by atoms with van der Waals surface area (Å²) in [5, 5.41) is 8.13. The molecule has 0 amide bonds. The maximum Gasteiger partial charge on any atom is 0.281 e. The van der Waals surface area contributed by atoms with E-state index in [0.717, 1.165) is 4.90 Å². The van der Waals surface area contributed by atoms with Gasteiger partial charge in [0.05, 0.1) is 7.11 Å². The van der Waals surface area contributed by atoms with Crippen molar-refractivity contribution in [2.75, 3.05) is 12.8 Å². The zero-order valence-corrected chi connectivity index (χ0v) is 9.75. The molecule has 1 heterocycles. The maximum atomic E-state index is 5.73. The van der Waals surface area contributed by atoms with Gasteiger partial charge in [-0.15, -0.1) is 10.2 Å². The molecule has 84 valence electrons. The summed E-state index contributed by atoms with van der Waals surface area (Å²) in [6, 6.07) is 5.44. The highest BCUT2D eigenvalue weighted by molar-refractivity contribution is 7.99. The van der Waals surface area contributed by atoms with Gasteiger partial charge < -0.3 is 14.9 Å². The Labute approximate surface area is 97.0 Å². The van der Waals surface area contributed by atoms with Crippen molar-refractivity contribution in [1.82, 2.24) is 10.2 Å². The lowest BCUT2D eigenvalue weighted by atomic mass is 10.3. The van der Waals surface area contributed by atoms with Crippen molar-refractivity contribution >= 4 is 17.4 Å². The number of hydrogen-bond acceptors (Lipinski definition) is 6. The van der Waals surface area contributed by atoms with Gasteiger partial charge >= 0.3 is 0 Å². The van der Waals surface area contributed by atoms with Crippen molar-refractivity contribution in [3.8, 4) is 5.75 Å². The summed E-state index contributed by atoms with van der Waals surface area (Å²) < 4.78 is 10.4. The van der Waals surface area contributed by atoms with Gasteiger partial charge in [0.25, 0.3) is 5.22 Å². The second-order valence-corrected chi connectivity index (χ2v) is 4.16. The monoisotopic (exact) mass is 237 g/mol. The van der Waals surface area contributed by atoms with E-state index in [1.165, 1.54) is 11.8 Å². The third kappa shape index (κ3) is 2.46. The summed E-state index contributed by atoms with van der Waals surface area (Å²) in [4.78, 5) is 0.903. The molecular weight excluding hydrogens is 226 g/mol. The fourth-order valence-electron chi connectivity index (χ4n) is 1.19. The molecule has 0 spiro atoms. The van der Waals surface area contributed by atoms with Crippen LogP contribution < -0.4 is 10.5 Å². The maximum absolute atomic E-state index is 5.73. The molecule has 1 aromatic carbocycles. The van der Waals surface area contributed by atoms with Gasteiger partial charge in [-0.1, -0.05) is 0 Å². The number of hydrogen-bond donors (Lipinski definition) is 1. The van der Waals surface area contributed by atoms with Crippen molar-refractivity contribution in [3.05, 3.63) is 24.1 Å². The van der Waals surface area contributed by atoms with Crippen LogP contribution in [0.2, 0.25) is 0 Å². The third-order valence-corrected chi connectivity index (χ3v) is 2.66. The highest BCUT2D eigenvalue weighted by Crippen LogP contribution is 2.31. The van der Waals surface area contributed by atoms with Gasteiger partial charge in [0.2, 0.25) is 5.89 Å². The van der Waals surface area contributed by atoms with E-state index in [2.05, 4.69) is 10.2 Å². The number of aryl methyl sites for hydroxylation is 1. The van der Waals surface area contributed by atoms with Gasteiger partial charge in [0, 0.05) is 23.6 Å². The van der Waals surface area contributed by atoms with Crippen LogP contribution in [0.5, 0.6) is 5.75 Å². The second-order valence-electron chi connectivity index (χ2n) is 3.13. The molecule has 0 aliphatic rings. The van der Waals surface area contributed by atoms with E-state index >= 15 is 0 Å². The first-order chi connectivity index (χ1) is 7.67. The molecule has 0 saturated heterocycles. The molecular formula is C10H11N3O2S. The van der Waals surface area contributed by atoms with E-state index in [9.17, 15) is 0 Å². The molecule has 0 unspecified atom stereocenters. The highest BCUT2D eigenvalue weighted by atomic mass is 32.2. The molecule has 0 radical (unpaired) electrons. The summed E-state index contributed by atoms with van der Waals surface area (Å²) in [6.45, 7) is 1.75. The van der Waals surface area contributed by atoms with Crippen LogP contribution in [0.25, 0.3) is 0 Å². The lowest BCUT2D eigenvalue weighted by Gasteiger charge is -2.03. The van der Waals surface area contributed by atoms with Crippen molar-refractivity contribution in [1.29, 1.82) is 0 Å². The van der Waals surface area contributed by atoms with Gasteiger partial charge in [0.1, 0.15) is 5.75 Å². The molecule has 0 saturated carbocycles. The smallest absolute Gasteiger partial charge is 0.281 e. The second kappa shape index (κ2) is 4.44. The Kier molecular flexibility index (Phi) is 3.00. The third-order valence-electron chi connectivity index (χ3n) is 1.85. The Morgan fingerprint density at radius 3 is 2.75 bits per heavy atom. The summed E-state index contributed by atoms with van der Waals surface area (Å²) >= 11 is 1.35. The predicted octanol–water partition coefficient (Wildman–Crippen LogP) is 2.12. The van der Waals surface area contributed by atoms with Crippen molar-refractivity contribution < 1.29 is 9.15 Å². The Bertz CT molecular complexity index is 499. The first kappa shape index (κ1) is 10.8. The van der Waals surface area contributed by atoms with Crippen LogP contribution in [0.4, 0.5) is 5.69 Å². The van der Waals surface area contributed by atoms with E-state index in [-0.39, 0.29) is 0 Å². The molecule has 2 N–H and O–H groups in total. The van der Waals surface area contributed by atoms with Gasteiger partial charge in [-0.2, -0.15) is 0 Å². The average molecular weight is 237 g/mol. The van der Waals surface area contributed by atoms with Gasteiger partial charge in [-0.05, 0) is 23.9 Å². The van der Waals surface area contributed by atoms with Crippen molar-refractivity contribution in [2.45, 2.75) is 17.0 Å².